The minimum atomic E-state index is -0.171. The lowest BCUT2D eigenvalue weighted by atomic mass is 10.0. The van der Waals surface area contributed by atoms with Gasteiger partial charge in [-0.15, -0.1) is 37.2 Å². The zero-order valence-corrected chi connectivity index (χ0v) is 22.4. The van der Waals surface area contributed by atoms with Crippen LogP contribution in [0.4, 0.5) is 11.6 Å². The van der Waals surface area contributed by atoms with Crippen molar-refractivity contribution in [1.82, 2.24) is 24.8 Å². The highest BCUT2D eigenvalue weighted by Gasteiger charge is 2.25. The molecule has 12 heteroatoms. The van der Waals surface area contributed by atoms with Gasteiger partial charge in [0, 0.05) is 63.8 Å². The summed E-state index contributed by atoms with van der Waals surface area (Å²) in [6, 6.07) is 12.1. The number of piperidine rings is 1. The Hall–Kier alpha value is -2.43. The molecule has 0 radical (unpaired) electrons. The molecule has 9 nitrogen and oxygen atoms in total. The minimum absolute atomic E-state index is 0. The van der Waals surface area contributed by atoms with Crippen LogP contribution in [0.5, 0.6) is 0 Å². The lowest BCUT2D eigenvalue weighted by Gasteiger charge is -2.36. The number of aliphatic hydroxyl groups is 1. The molecule has 0 unspecified atom stereocenters. The van der Waals surface area contributed by atoms with Crippen molar-refractivity contribution < 1.29 is 5.11 Å². The first-order valence-corrected chi connectivity index (χ1v) is 11.4. The van der Waals surface area contributed by atoms with E-state index in [4.69, 9.17) is 4.98 Å². The number of rotatable bonds is 4. The third kappa shape index (κ3) is 6.46. The summed E-state index contributed by atoms with van der Waals surface area (Å²) in [5, 5.41) is 13.3. The van der Waals surface area contributed by atoms with E-state index in [1.54, 1.807) is 23.9 Å². The van der Waals surface area contributed by atoms with Gasteiger partial charge >= 0.3 is 0 Å². The SMILES string of the molecule is Cl.Cl.Cl.Cn1c(N2CCN[C@@H](c3ccc(N4CCC(O)CC4)cc3)C2)nc(-c2ccncn2)cc1=O. The number of nitrogens with zero attached hydrogens (tertiary/aromatic N) is 6. The quantitative estimate of drug-likeness (QED) is 0.506. The first-order chi connectivity index (χ1) is 16.1. The molecule has 1 atom stereocenters. The minimum Gasteiger partial charge on any atom is -0.393 e. The van der Waals surface area contributed by atoms with E-state index < -0.39 is 0 Å². The van der Waals surface area contributed by atoms with E-state index in [0.717, 1.165) is 39.0 Å². The van der Waals surface area contributed by atoms with Crippen molar-refractivity contribution in [1.29, 1.82) is 0 Å². The van der Waals surface area contributed by atoms with Gasteiger partial charge in [0.2, 0.25) is 5.95 Å². The summed E-state index contributed by atoms with van der Waals surface area (Å²) in [5.41, 5.74) is 3.48. The Labute approximate surface area is 229 Å². The number of hydrogen-bond donors (Lipinski definition) is 2. The van der Waals surface area contributed by atoms with Crippen molar-refractivity contribution in [2.45, 2.75) is 25.0 Å². The standard InChI is InChI=1S/C24H29N7O2.3ClH/c1-29-23(33)14-21(20-6-9-25-16-27-20)28-24(29)31-13-10-26-22(15-31)17-2-4-18(5-3-17)30-11-7-19(32)8-12-30;;;/h2-6,9,14,16,19,22,26,32H,7-8,10-13,15H2,1H3;3*1H/t22-;;;/m1.../s1. The van der Waals surface area contributed by atoms with Crippen molar-refractivity contribution in [3.8, 4) is 11.4 Å². The molecule has 1 aromatic carbocycles. The molecule has 0 spiro atoms. The predicted octanol–water partition coefficient (Wildman–Crippen LogP) is 2.61. The fraction of sp³-hybridized carbons (Fsp3) is 0.417. The summed E-state index contributed by atoms with van der Waals surface area (Å²) in [5.74, 6) is 0.645. The van der Waals surface area contributed by atoms with E-state index in [-0.39, 0.29) is 54.9 Å². The smallest absolute Gasteiger partial charge is 0.255 e. The maximum Gasteiger partial charge on any atom is 0.255 e. The Morgan fingerprint density at radius 2 is 1.69 bits per heavy atom. The number of benzene rings is 1. The molecule has 2 aliphatic rings. The average molecular weight is 557 g/mol. The summed E-state index contributed by atoms with van der Waals surface area (Å²) in [4.78, 5) is 30.1. The van der Waals surface area contributed by atoms with Crippen LogP contribution in [0.15, 0.2) is 53.7 Å². The number of nitrogens with one attached hydrogen (secondary N) is 1. The van der Waals surface area contributed by atoms with Gasteiger partial charge in [-0.3, -0.25) is 9.36 Å². The third-order valence-electron chi connectivity index (χ3n) is 6.54. The van der Waals surface area contributed by atoms with Crippen LogP contribution in [0.25, 0.3) is 11.4 Å². The number of piperazine rings is 1. The Kier molecular flexibility index (Phi) is 10.9. The first-order valence-electron chi connectivity index (χ1n) is 11.4. The Balaban J connectivity index is 0.00000152. The van der Waals surface area contributed by atoms with Crippen LogP contribution in [0.2, 0.25) is 0 Å². The molecule has 5 rings (SSSR count). The highest BCUT2D eigenvalue weighted by Crippen LogP contribution is 2.26. The summed E-state index contributed by atoms with van der Waals surface area (Å²) in [6.45, 7) is 4.04. The predicted molar refractivity (Wildman–Crippen MR) is 149 cm³/mol. The van der Waals surface area contributed by atoms with E-state index in [9.17, 15) is 9.90 Å². The number of aliphatic hydroxyl groups excluding tert-OH is 1. The normalized spacial score (nSPS) is 18.0. The van der Waals surface area contributed by atoms with Crippen molar-refractivity contribution >= 4 is 48.9 Å². The number of anilines is 2. The monoisotopic (exact) mass is 555 g/mol. The van der Waals surface area contributed by atoms with Crippen LogP contribution in [0.3, 0.4) is 0 Å². The topological polar surface area (TPSA) is 99.4 Å². The van der Waals surface area contributed by atoms with Crippen molar-refractivity contribution in [2.75, 3.05) is 42.5 Å². The molecule has 2 fully saturated rings. The van der Waals surface area contributed by atoms with Crippen molar-refractivity contribution in [3.05, 3.63) is 64.8 Å². The highest BCUT2D eigenvalue weighted by atomic mass is 35.5. The number of hydrogen-bond acceptors (Lipinski definition) is 8. The van der Waals surface area contributed by atoms with Gasteiger partial charge in [-0.1, -0.05) is 12.1 Å². The lowest BCUT2D eigenvalue weighted by molar-refractivity contribution is 0.145. The van der Waals surface area contributed by atoms with Gasteiger partial charge in [0.15, 0.2) is 0 Å². The van der Waals surface area contributed by atoms with E-state index in [1.807, 2.05) is 0 Å². The Morgan fingerprint density at radius 3 is 2.36 bits per heavy atom. The summed E-state index contributed by atoms with van der Waals surface area (Å²) in [6.07, 6.45) is 4.58. The average Bonchev–Trinajstić information content (AvgIpc) is 2.87. The molecule has 2 N–H and O–H groups in total. The second-order valence-corrected chi connectivity index (χ2v) is 8.70. The molecule has 36 heavy (non-hydrogen) atoms. The molecule has 2 saturated heterocycles. The molecule has 2 aliphatic heterocycles. The fourth-order valence-corrected chi connectivity index (χ4v) is 4.58. The van der Waals surface area contributed by atoms with Crippen LogP contribution in [0.1, 0.15) is 24.4 Å². The molecule has 0 amide bonds. The van der Waals surface area contributed by atoms with E-state index in [2.05, 4.69) is 49.4 Å². The number of halogens is 3. The van der Waals surface area contributed by atoms with Crippen LogP contribution >= 0.6 is 37.2 Å². The first kappa shape index (κ1) is 29.8. The second kappa shape index (κ2) is 13.2. The molecule has 3 aromatic rings. The largest absolute Gasteiger partial charge is 0.393 e. The maximum absolute atomic E-state index is 12.7. The van der Waals surface area contributed by atoms with E-state index in [0.29, 0.717) is 23.9 Å². The van der Waals surface area contributed by atoms with Crippen LogP contribution < -0.4 is 20.7 Å². The summed E-state index contributed by atoms with van der Waals surface area (Å²) >= 11 is 0. The van der Waals surface area contributed by atoms with Gasteiger partial charge in [-0.2, -0.15) is 0 Å². The molecule has 196 valence electrons. The van der Waals surface area contributed by atoms with Gasteiger partial charge in [0.25, 0.3) is 5.56 Å². The van der Waals surface area contributed by atoms with Gasteiger partial charge < -0.3 is 20.2 Å². The Bertz CT molecular complexity index is 1160. The Morgan fingerprint density at radius 1 is 0.972 bits per heavy atom. The van der Waals surface area contributed by atoms with Crippen LogP contribution in [-0.4, -0.2) is 63.5 Å². The van der Waals surface area contributed by atoms with Crippen LogP contribution in [0, 0.1) is 0 Å². The second-order valence-electron chi connectivity index (χ2n) is 8.70. The molecule has 0 saturated carbocycles. The number of aromatic nitrogens is 4. The maximum atomic E-state index is 12.7. The molecular formula is C24H32Cl3N7O2. The van der Waals surface area contributed by atoms with Gasteiger partial charge in [-0.05, 0) is 36.6 Å². The van der Waals surface area contributed by atoms with Crippen molar-refractivity contribution in [3.63, 3.8) is 0 Å². The zero-order valence-electron chi connectivity index (χ0n) is 20.0. The molecule has 4 heterocycles. The molecule has 2 aromatic heterocycles. The summed E-state index contributed by atoms with van der Waals surface area (Å²) < 4.78 is 1.60. The highest BCUT2D eigenvalue weighted by molar-refractivity contribution is 5.86. The van der Waals surface area contributed by atoms with Gasteiger partial charge in [0.05, 0.1) is 17.5 Å². The third-order valence-corrected chi connectivity index (χ3v) is 6.54. The lowest BCUT2D eigenvalue weighted by Crippen LogP contribution is -2.47. The zero-order chi connectivity index (χ0) is 22.8. The fourth-order valence-electron chi connectivity index (χ4n) is 4.58. The molecule has 0 bridgehead atoms. The van der Waals surface area contributed by atoms with E-state index in [1.165, 1.54) is 23.6 Å². The molecular weight excluding hydrogens is 525 g/mol. The van der Waals surface area contributed by atoms with Gasteiger partial charge in [0.1, 0.15) is 6.33 Å². The molecule has 0 aliphatic carbocycles. The van der Waals surface area contributed by atoms with E-state index >= 15 is 0 Å². The van der Waals surface area contributed by atoms with Gasteiger partial charge in [-0.25, -0.2) is 15.0 Å². The van der Waals surface area contributed by atoms with Crippen LogP contribution in [-0.2, 0) is 7.05 Å². The summed E-state index contributed by atoms with van der Waals surface area (Å²) in [7, 11) is 1.76. The van der Waals surface area contributed by atoms with Crippen molar-refractivity contribution in [2.24, 2.45) is 7.05 Å².